The predicted octanol–water partition coefficient (Wildman–Crippen LogP) is 2.84. The lowest BCUT2D eigenvalue weighted by Crippen LogP contribution is -2.48. The first kappa shape index (κ1) is 12.2. The topological polar surface area (TPSA) is 29.1 Å². The molecule has 0 spiro atoms. The van der Waals surface area contributed by atoms with Crippen molar-refractivity contribution in [2.45, 2.75) is 45.6 Å². The van der Waals surface area contributed by atoms with Crippen molar-refractivity contribution in [1.82, 2.24) is 5.32 Å². The Kier molecular flexibility index (Phi) is 3.23. The summed E-state index contributed by atoms with van der Waals surface area (Å²) in [5.41, 5.74) is 2.56. The van der Waals surface area contributed by atoms with Gasteiger partial charge in [0, 0.05) is 12.0 Å². The van der Waals surface area contributed by atoms with Crippen LogP contribution in [-0.4, -0.2) is 11.4 Å². The molecule has 92 valence electrons. The van der Waals surface area contributed by atoms with Crippen LogP contribution in [0.4, 0.5) is 0 Å². The van der Waals surface area contributed by atoms with E-state index in [1.165, 1.54) is 11.1 Å². The minimum absolute atomic E-state index is 0.0354. The first-order chi connectivity index (χ1) is 8.02. The van der Waals surface area contributed by atoms with Crippen molar-refractivity contribution in [1.29, 1.82) is 0 Å². The monoisotopic (exact) mass is 231 g/mol. The Labute approximate surface area is 103 Å². The first-order valence-corrected chi connectivity index (χ1v) is 6.38. The predicted molar refractivity (Wildman–Crippen MR) is 69.8 cm³/mol. The molecule has 1 heterocycles. The van der Waals surface area contributed by atoms with Crippen LogP contribution in [0.2, 0.25) is 0 Å². The average molecular weight is 231 g/mol. The summed E-state index contributed by atoms with van der Waals surface area (Å²) in [6.07, 6.45) is 2.57. The van der Waals surface area contributed by atoms with Gasteiger partial charge < -0.3 is 5.32 Å². The zero-order valence-corrected chi connectivity index (χ0v) is 10.9. The largest absolute Gasteiger partial charge is 0.350 e. The maximum Gasteiger partial charge on any atom is 0.220 e. The Balaban J connectivity index is 2.19. The van der Waals surface area contributed by atoms with Gasteiger partial charge in [0.1, 0.15) is 0 Å². The second-order valence-corrected chi connectivity index (χ2v) is 5.52. The van der Waals surface area contributed by atoms with E-state index in [1.807, 2.05) is 0 Å². The summed E-state index contributed by atoms with van der Waals surface area (Å²) in [5, 5.41) is 3.19. The molecule has 1 amide bonds. The molecule has 1 fully saturated rings. The second-order valence-electron chi connectivity index (χ2n) is 5.52. The van der Waals surface area contributed by atoms with Crippen LogP contribution in [0.1, 0.15) is 37.8 Å². The zero-order valence-electron chi connectivity index (χ0n) is 10.9. The summed E-state index contributed by atoms with van der Waals surface area (Å²) in [6.45, 7) is 6.49. The molecule has 1 aliphatic rings. The molecular formula is C15H21NO. The van der Waals surface area contributed by atoms with Crippen molar-refractivity contribution in [2.24, 2.45) is 5.92 Å². The maximum atomic E-state index is 11.5. The molecule has 2 nitrogen and oxygen atoms in total. The van der Waals surface area contributed by atoms with Crippen LogP contribution in [0, 0.1) is 12.8 Å². The summed E-state index contributed by atoms with van der Waals surface area (Å²) in [5.74, 6) is 0.668. The summed E-state index contributed by atoms with van der Waals surface area (Å²) in [6, 6.07) is 8.62. The number of hydrogen-bond donors (Lipinski definition) is 1. The standard InChI is InChI=1S/C15H21NO/c1-11(2)15(9-8-14(17)16-15)10-13-6-4-12(3)5-7-13/h4-7,11H,8-10H2,1-3H3,(H,16,17). The van der Waals surface area contributed by atoms with Gasteiger partial charge in [0.05, 0.1) is 0 Å². The van der Waals surface area contributed by atoms with Crippen molar-refractivity contribution in [3.8, 4) is 0 Å². The van der Waals surface area contributed by atoms with Gasteiger partial charge in [-0.05, 0) is 31.2 Å². The zero-order chi connectivity index (χ0) is 12.5. The molecule has 0 aromatic heterocycles. The molecule has 1 N–H and O–H groups in total. The SMILES string of the molecule is Cc1ccc(CC2(C(C)C)CCC(=O)N2)cc1. The van der Waals surface area contributed by atoms with Crippen LogP contribution < -0.4 is 5.32 Å². The molecule has 2 heteroatoms. The third kappa shape index (κ3) is 2.51. The third-order valence-corrected chi connectivity index (χ3v) is 3.93. The Morgan fingerprint density at radius 2 is 1.94 bits per heavy atom. The van der Waals surface area contributed by atoms with E-state index in [4.69, 9.17) is 0 Å². The van der Waals surface area contributed by atoms with Crippen LogP contribution >= 0.6 is 0 Å². The van der Waals surface area contributed by atoms with E-state index in [-0.39, 0.29) is 11.4 Å². The van der Waals surface area contributed by atoms with E-state index in [0.29, 0.717) is 12.3 Å². The molecule has 0 aliphatic carbocycles. The van der Waals surface area contributed by atoms with Crippen LogP contribution in [0.5, 0.6) is 0 Å². The fourth-order valence-electron chi connectivity index (χ4n) is 2.58. The minimum atomic E-state index is -0.0354. The Morgan fingerprint density at radius 3 is 2.41 bits per heavy atom. The van der Waals surface area contributed by atoms with Crippen LogP contribution in [0.15, 0.2) is 24.3 Å². The van der Waals surface area contributed by atoms with Crippen molar-refractivity contribution in [3.05, 3.63) is 35.4 Å². The summed E-state index contributed by atoms with van der Waals surface area (Å²) < 4.78 is 0. The number of carbonyl (C=O) groups excluding carboxylic acids is 1. The highest BCUT2D eigenvalue weighted by Gasteiger charge is 2.40. The number of aryl methyl sites for hydroxylation is 1. The van der Waals surface area contributed by atoms with Crippen molar-refractivity contribution in [3.63, 3.8) is 0 Å². The number of amides is 1. The fourth-order valence-corrected chi connectivity index (χ4v) is 2.58. The lowest BCUT2D eigenvalue weighted by molar-refractivity contribution is -0.120. The lowest BCUT2D eigenvalue weighted by Gasteiger charge is -2.33. The van der Waals surface area contributed by atoms with Crippen LogP contribution in [-0.2, 0) is 11.2 Å². The molecular weight excluding hydrogens is 210 g/mol. The second kappa shape index (κ2) is 4.52. The van der Waals surface area contributed by atoms with E-state index in [2.05, 4.69) is 50.4 Å². The molecule has 0 saturated carbocycles. The smallest absolute Gasteiger partial charge is 0.220 e. The molecule has 1 aromatic rings. The van der Waals surface area contributed by atoms with Crippen LogP contribution in [0.3, 0.4) is 0 Å². The van der Waals surface area contributed by atoms with E-state index in [1.54, 1.807) is 0 Å². The van der Waals surface area contributed by atoms with Crippen molar-refractivity contribution < 1.29 is 4.79 Å². The number of rotatable bonds is 3. The number of benzene rings is 1. The van der Waals surface area contributed by atoms with Gasteiger partial charge in [-0.25, -0.2) is 0 Å². The molecule has 17 heavy (non-hydrogen) atoms. The Hall–Kier alpha value is -1.31. The maximum absolute atomic E-state index is 11.5. The van der Waals surface area contributed by atoms with E-state index >= 15 is 0 Å². The summed E-state index contributed by atoms with van der Waals surface area (Å²) in [4.78, 5) is 11.5. The molecule has 2 rings (SSSR count). The van der Waals surface area contributed by atoms with Gasteiger partial charge in [-0.1, -0.05) is 43.7 Å². The molecule has 1 saturated heterocycles. The van der Waals surface area contributed by atoms with Crippen LogP contribution in [0.25, 0.3) is 0 Å². The Bertz CT molecular complexity index is 407. The average Bonchev–Trinajstić information content (AvgIpc) is 2.65. The van der Waals surface area contributed by atoms with E-state index in [9.17, 15) is 4.79 Å². The molecule has 1 aromatic carbocycles. The molecule has 1 atom stereocenters. The van der Waals surface area contributed by atoms with Gasteiger partial charge in [0.15, 0.2) is 0 Å². The third-order valence-electron chi connectivity index (χ3n) is 3.93. The van der Waals surface area contributed by atoms with Gasteiger partial charge in [0.2, 0.25) is 5.91 Å². The highest BCUT2D eigenvalue weighted by Crippen LogP contribution is 2.31. The van der Waals surface area contributed by atoms with E-state index < -0.39 is 0 Å². The highest BCUT2D eigenvalue weighted by molar-refractivity contribution is 5.79. The van der Waals surface area contributed by atoms with E-state index in [0.717, 1.165) is 12.8 Å². The van der Waals surface area contributed by atoms with Gasteiger partial charge >= 0.3 is 0 Å². The summed E-state index contributed by atoms with van der Waals surface area (Å²) >= 11 is 0. The summed E-state index contributed by atoms with van der Waals surface area (Å²) in [7, 11) is 0. The Morgan fingerprint density at radius 1 is 1.29 bits per heavy atom. The molecule has 1 unspecified atom stereocenters. The number of nitrogens with one attached hydrogen (secondary N) is 1. The highest BCUT2D eigenvalue weighted by atomic mass is 16.2. The number of hydrogen-bond acceptors (Lipinski definition) is 1. The molecule has 0 radical (unpaired) electrons. The normalized spacial score (nSPS) is 24.1. The molecule has 1 aliphatic heterocycles. The lowest BCUT2D eigenvalue weighted by atomic mass is 9.80. The van der Waals surface area contributed by atoms with Gasteiger partial charge in [-0.3, -0.25) is 4.79 Å². The van der Waals surface area contributed by atoms with Gasteiger partial charge in [-0.2, -0.15) is 0 Å². The minimum Gasteiger partial charge on any atom is -0.350 e. The van der Waals surface area contributed by atoms with Crippen molar-refractivity contribution in [2.75, 3.05) is 0 Å². The van der Waals surface area contributed by atoms with Gasteiger partial charge in [-0.15, -0.1) is 0 Å². The fraction of sp³-hybridized carbons (Fsp3) is 0.533. The quantitative estimate of drug-likeness (QED) is 0.851. The number of carbonyl (C=O) groups is 1. The van der Waals surface area contributed by atoms with Gasteiger partial charge in [0.25, 0.3) is 0 Å². The molecule has 0 bridgehead atoms. The van der Waals surface area contributed by atoms with Crippen molar-refractivity contribution >= 4 is 5.91 Å². The first-order valence-electron chi connectivity index (χ1n) is 6.38.